The molecule has 16 nitrogen and oxygen atoms in total. The van der Waals surface area contributed by atoms with Gasteiger partial charge in [0, 0.05) is 49.3 Å². The number of carbonyl (C=O) groups is 5. The number of carboxylic acid groups (broad SMARTS) is 1. The summed E-state index contributed by atoms with van der Waals surface area (Å²) in [4.78, 5) is 77.4. The van der Waals surface area contributed by atoms with E-state index in [0.717, 1.165) is 77.0 Å². The highest BCUT2D eigenvalue weighted by Gasteiger charge is 2.27. The van der Waals surface area contributed by atoms with E-state index in [1.54, 1.807) is 18.2 Å². The molecule has 72 heavy (non-hydrogen) atoms. The topological polar surface area (TPSA) is 232 Å². The summed E-state index contributed by atoms with van der Waals surface area (Å²) in [5.74, 6) is -2.85. The molecule has 3 amide bonds. The third-order valence-electron chi connectivity index (χ3n) is 12.9. The molecule has 4 atom stereocenters. The van der Waals surface area contributed by atoms with E-state index in [1.807, 2.05) is 6.07 Å². The zero-order valence-corrected chi connectivity index (χ0v) is 45.4. The maximum atomic E-state index is 13.2. The molecule has 0 radical (unpaired) electrons. The number of phosphoric ester groups is 1. The molecular formula is C55H95N4O12P. The van der Waals surface area contributed by atoms with E-state index in [4.69, 9.17) is 18.5 Å². The molecule has 1 aromatic heterocycles. The van der Waals surface area contributed by atoms with Crippen molar-refractivity contribution in [1.29, 1.82) is 0 Å². The van der Waals surface area contributed by atoms with Crippen molar-refractivity contribution >= 4 is 48.4 Å². The van der Waals surface area contributed by atoms with Gasteiger partial charge in [0.2, 0.25) is 11.8 Å². The van der Waals surface area contributed by atoms with E-state index < -0.39 is 57.3 Å². The second-order valence-corrected chi connectivity index (χ2v) is 20.9. The van der Waals surface area contributed by atoms with Gasteiger partial charge in [-0.25, -0.2) is 4.57 Å². The molecular weight excluding hydrogens is 940 g/mol. The fourth-order valence-electron chi connectivity index (χ4n) is 8.60. The van der Waals surface area contributed by atoms with Crippen molar-refractivity contribution in [3.63, 3.8) is 0 Å². The van der Waals surface area contributed by atoms with Crippen LogP contribution in [0.15, 0.2) is 30.5 Å². The van der Waals surface area contributed by atoms with Gasteiger partial charge in [0.15, 0.2) is 0 Å². The molecule has 0 saturated heterocycles. The van der Waals surface area contributed by atoms with Crippen LogP contribution in [0.4, 0.5) is 0 Å². The Morgan fingerprint density at radius 3 is 1.78 bits per heavy atom. The summed E-state index contributed by atoms with van der Waals surface area (Å²) in [7, 11) is -4.71. The Labute approximate surface area is 432 Å². The highest BCUT2D eigenvalue weighted by Crippen LogP contribution is 2.43. The Morgan fingerprint density at radius 1 is 0.625 bits per heavy atom. The van der Waals surface area contributed by atoms with E-state index >= 15 is 0 Å². The number of para-hydroxylation sites is 1. The first-order chi connectivity index (χ1) is 34.9. The number of fused-ring (bicyclic) bond motifs is 1. The van der Waals surface area contributed by atoms with E-state index in [9.17, 15) is 38.5 Å². The van der Waals surface area contributed by atoms with Crippen molar-refractivity contribution in [2.75, 3.05) is 33.0 Å². The first-order valence-electron chi connectivity index (χ1n) is 27.9. The molecule has 0 aliphatic rings. The SMILES string of the molecule is CCCCCCCCCCCCCC(=O)N[C@H](COCC[C@@H](CCCCCCC)OC(=O)CCCCCCCCCCC)COP(=O)(O)OCCNC(=O)[C@H](CCC(=O)O)NC(=O)c1c[nH]c2ccccc12. The minimum absolute atomic E-state index is 0.0301. The number of benzene rings is 1. The summed E-state index contributed by atoms with van der Waals surface area (Å²) in [6, 6.07) is 5.10. The minimum atomic E-state index is -4.71. The van der Waals surface area contributed by atoms with Crippen LogP contribution in [0.5, 0.6) is 0 Å². The lowest BCUT2D eigenvalue weighted by Crippen LogP contribution is -2.47. The Balaban J connectivity index is 1.94. The molecule has 0 spiro atoms. The average molecular weight is 1040 g/mol. The number of aromatic amines is 1. The molecule has 6 N–H and O–H groups in total. The number of hydrogen-bond acceptors (Lipinski definition) is 10. The summed E-state index contributed by atoms with van der Waals surface area (Å²) < 4.78 is 35.6. The van der Waals surface area contributed by atoms with E-state index in [1.165, 1.54) is 89.7 Å². The number of aromatic nitrogens is 1. The second kappa shape index (κ2) is 41.5. The number of rotatable bonds is 48. The average Bonchev–Trinajstić information content (AvgIpc) is 3.80. The van der Waals surface area contributed by atoms with Crippen LogP contribution in [0.1, 0.15) is 230 Å². The molecule has 1 unspecified atom stereocenters. The Bertz CT molecular complexity index is 1810. The number of esters is 1. The molecule has 0 saturated carbocycles. The van der Waals surface area contributed by atoms with Gasteiger partial charge >= 0.3 is 19.8 Å². The van der Waals surface area contributed by atoms with Crippen molar-refractivity contribution in [3.8, 4) is 0 Å². The van der Waals surface area contributed by atoms with Gasteiger partial charge in [0.1, 0.15) is 12.1 Å². The Morgan fingerprint density at radius 2 is 1.18 bits per heavy atom. The van der Waals surface area contributed by atoms with Gasteiger partial charge in [0.05, 0.1) is 38.0 Å². The predicted octanol–water partition coefficient (Wildman–Crippen LogP) is 12.2. The van der Waals surface area contributed by atoms with Gasteiger partial charge in [-0.2, -0.15) is 0 Å². The van der Waals surface area contributed by atoms with Crippen LogP contribution in [0.2, 0.25) is 0 Å². The molecule has 2 aromatic rings. The van der Waals surface area contributed by atoms with Crippen LogP contribution < -0.4 is 16.0 Å². The third kappa shape index (κ3) is 32.4. The number of phosphoric acid groups is 1. The van der Waals surface area contributed by atoms with E-state index in [0.29, 0.717) is 30.2 Å². The standard InChI is InChI=1S/C55H95N4O12P/c1-4-7-10-13-15-17-18-20-21-24-27-34-51(60)58-45(43-68-40-38-46(31-26-23-12-9-6-3)71-53(63)35-28-25-22-19-16-14-11-8-5-2)44-70-72(66,67)69-41-39-56-55(65)50(36-37-52(61)62)59-54(64)48-42-57-49-33-30-29-32-47(48)49/h29-30,32-33,42,45-46,50,57H,4-28,31,34-41,43-44H2,1-3H3,(H,56,65)(H,58,60)(H,59,64)(H,61,62)(H,66,67)/t45-,46-,50+/m1/s1. The van der Waals surface area contributed by atoms with Gasteiger partial charge < -0.3 is 40.4 Å². The van der Waals surface area contributed by atoms with Crippen molar-refractivity contribution in [1.82, 2.24) is 20.9 Å². The molecule has 2 rings (SSSR count). The van der Waals surface area contributed by atoms with Crippen molar-refractivity contribution < 1.29 is 57.1 Å². The maximum absolute atomic E-state index is 13.2. The van der Waals surface area contributed by atoms with Crippen LogP contribution in [-0.4, -0.2) is 95.8 Å². The number of hydrogen-bond donors (Lipinski definition) is 6. The monoisotopic (exact) mass is 1030 g/mol. The molecule has 0 bridgehead atoms. The molecule has 1 aromatic carbocycles. The number of aliphatic carboxylic acids is 1. The first kappa shape index (κ1) is 64.3. The number of carboxylic acids is 1. The van der Waals surface area contributed by atoms with Crippen molar-refractivity contribution in [3.05, 3.63) is 36.0 Å². The Hall–Kier alpha value is -3.82. The van der Waals surface area contributed by atoms with Crippen LogP contribution in [0.25, 0.3) is 10.9 Å². The normalized spacial score (nSPS) is 13.6. The number of nitrogens with one attached hydrogen (secondary N) is 4. The number of H-pyrrole nitrogens is 1. The summed E-state index contributed by atoms with van der Waals surface area (Å²) in [5.41, 5.74) is 1.00. The molecule has 1 heterocycles. The summed E-state index contributed by atoms with van der Waals surface area (Å²) in [6.45, 7) is 5.70. The predicted molar refractivity (Wildman–Crippen MR) is 285 cm³/mol. The highest BCUT2D eigenvalue weighted by atomic mass is 31.2. The quantitative estimate of drug-likeness (QED) is 0.0206. The lowest BCUT2D eigenvalue weighted by atomic mass is 10.1. The van der Waals surface area contributed by atoms with Crippen LogP contribution in [0.3, 0.4) is 0 Å². The first-order valence-corrected chi connectivity index (χ1v) is 29.4. The van der Waals surface area contributed by atoms with E-state index in [-0.39, 0.29) is 56.1 Å². The second-order valence-electron chi connectivity index (χ2n) is 19.4. The van der Waals surface area contributed by atoms with Gasteiger partial charge in [-0.3, -0.25) is 33.0 Å². The molecule has 17 heteroatoms. The molecule has 0 fully saturated rings. The summed E-state index contributed by atoms with van der Waals surface area (Å²) in [5, 5.41) is 17.9. The number of unbranched alkanes of at least 4 members (excludes halogenated alkanes) is 22. The van der Waals surface area contributed by atoms with Crippen molar-refractivity contribution in [2.45, 2.75) is 238 Å². The fourth-order valence-corrected chi connectivity index (χ4v) is 9.36. The van der Waals surface area contributed by atoms with Gasteiger partial charge in [-0.15, -0.1) is 0 Å². The largest absolute Gasteiger partial charge is 0.481 e. The molecule has 0 aliphatic heterocycles. The lowest BCUT2D eigenvalue weighted by molar-refractivity contribution is -0.150. The number of carbonyl (C=O) groups excluding carboxylic acids is 4. The molecule has 412 valence electrons. The van der Waals surface area contributed by atoms with Crippen molar-refractivity contribution in [2.24, 2.45) is 0 Å². The Kier molecular flexibility index (Phi) is 37.1. The number of ether oxygens (including phenoxy) is 2. The highest BCUT2D eigenvalue weighted by molar-refractivity contribution is 7.47. The number of amides is 3. The summed E-state index contributed by atoms with van der Waals surface area (Å²) >= 11 is 0. The zero-order chi connectivity index (χ0) is 52.5. The van der Waals surface area contributed by atoms with E-state index in [2.05, 4.69) is 41.7 Å². The van der Waals surface area contributed by atoms with Gasteiger partial charge in [0.25, 0.3) is 5.91 Å². The van der Waals surface area contributed by atoms with Crippen LogP contribution >= 0.6 is 7.82 Å². The van der Waals surface area contributed by atoms with Gasteiger partial charge in [-0.1, -0.05) is 180 Å². The summed E-state index contributed by atoms with van der Waals surface area (Å²) in [6.07, 6.45) is 31.0. The van der Waals surface area contributed by atoms with Crippen LogP contribution in [-0.2, 0) is 42.3 Å². The lowest BCUT2D eigenvalue weighted by Gasteiger charge is -2.22. The van der Waals surface area contributed by atoms with Gasteiger partial charge in [-0.05, 0) is 38.2 Å². The minimum Gasteiger partial charge on any atom is -0.481 e. The third-order valence-corrected chi connectivity index (χ3v) is 13.9. The van der Waals surface area contributed by atoms with Crippen LogP contribution in [0, 0.1) is 0 Å². The maximum Gasteiger partial charge on any atom is 0.472 e. The molecule has 0 aliphatic carbocycles. The smallest absolute Gasteiger partial charge is 0.472 e. The zero-order valence-electron chi connectivity index (χ0n) is 44.5. The fraction of sp³-hybridized carbons (Fsp3) is 0.764.